The highest BCUT2D eigenvalue weighted by molar-refractivity contribution is 6.40. The molecular formula is C19H19FN2O2. The molecule has 0 aliphatic carbocycles. The molecule has 2 aromatic rings. The van der Waals surface area contributed by atoms with Crippen LogP contribution in [0.25, 0.3) is 0 Å². The summed E-state index contributed by atoms with van der Waals surface area (Å²) in [6.45, 7) is 5.08. The van der Waals surface area contributed by atoms with Crippen molar-refractivity contribution in [1.29, 1.82) is 0 Å². The van der Waals surface area contributed by atoms with E-state index in [0.29, 0.717) is 18.7 Å². The van der Waals surface area contributed by atoms with Crippen LogP contribution in [0.3, 0.4) is 0 Å². The van der Waals surface area contributed by atoms with Crippen LogP contribution in [0, 0.1) is 19.7 Å². The molecule has 0 unspecified atom stereocenters. The summed E-state index contributed by atoms with van der Waals surface area (Å²) in [4.78, 5) is 27.8. The molecule has 1 aliphatic heterocycles. The Kier molecular flexibility index (Phi) is 4.34. The molecule has 0 N–H and O–H groups in total. The molecule has 0 bridgehead atoms. The smallest absolute Gasteiger partial charge is 0.316 e. The largest absolute Gasteiger partial charge is 0.328 e. The Labute approximate surface area is 140 Å². The Balaban J connectivity index is 1.76. The number of nitrogens with zero attached hydrogens (tertiary/aromatic N) is 2. The molecule has 2 amide bonds. The van der Waals surface area contributed by atoms with Gasteiger partial charge < -0.3 is 9.80 Å². The highest BCUT2D eigenvalue weighted by Crippen LogP contribution is 2.22. The lowest BCUT2D eigenvalue weighted by Gasteiger charge is -2.34. The van der Waals surface area contributed by atoms with Crippen molar-refractivity contribution in [3.63, 3.8) is 0 Å². The number of carbonyl (C=O) groups excluding carboxylic acids is 2. The van der Waals surface area contributed by atoms with Gasteiger partial charge in [0.1, 0.15) is 5.82 Å². The maximum Gasteiger partial charge on any atom is 0.316 e. The van der Waals surface area contributed by atoms with Gasteiger partial charge >= 0.3 is 11.8 Å². The number of rotatable bonds is 3. The van der Waals surface area contributed by atoms with E-state index in [1.54, 1.807) is 12.1 Å². The third-order valence-electron chi connectivity index (χ3n) is 4.37. The number of aryl methyl sites for hydroxylation is 2. The monoisotopic (exact) mass is 326 g/mol. The van der Waals surface area contributed by atoms with Crippen LogP contribution in [0.15, 0.2) is 42.5 Å². The summed E-state index contributed by atoms with van der Waals surface area (Å²) in [5, 5.41) is 0. The van der Waals surface area contributed by atoms with Crippen molar-refractivity contribution < 1.29 is 14.0 Å². The van der Waals surface area contributed by atoms with Crippen LogP contribution in [-0.2, 0) is 16.1 Å². The van der Waals surface area contributed by atoms with Gasteiger partial charge in [-0.25, -0.2) is 4.39 Å². The second-order valence-corrected chi connectivity index (χ2v) is 6.08. The van der Waals surface area contributed by atoms with Crippen LogP contribution < -0.4 is 4.90 Å². The van der Waals surface area contributed by atoms with Gasteiger partial charge in [-0.1, -0.05) is 18.2 Å². The van der Waals surface area contributed by atoms with E-state index < -0.39 is 11.8 Å². The first-order chi connectivity index (χ1) is 11.5. The lowest BCUT2D eigenvalue weighted by atomic mass is 10.1. The van der Waals surface area contributed by atoms with E-state index in [1.807, 2.05) is 32.0 Å². The van der Waals surface area contributed by atoms with Crippen molar-refractivity contribution in [3.05, 3.63) is 65.0 Å². The molecule has 2 aromatic carbocycles. The second kappa shape index (κ2) is 6.43. The number of anilines is 1. The SMILES string of the molecule is Cc1ccc(N2CCN(Cc3cccc(F)c3)C(=O)C2=O)cc1C. The van der Waals surface area contributed by atoms with Gasteiger partial charge in [-0.05, 0) is 54.8 Å². The molecule has 5 heteroatoms. The van der Waals surface area contributed by atoms with E-state index in [9.17, 15) is 14.0 Å². The maximum atomic E-state index is 13.3. The number of halogens is 1. The van der Waals surface area contributed by atoms with Crippen LogP contribution in [0.4, 0.5) is 10.1 Å². The number of benzene rings is 2. The second-order valence-electron chi connectivity index (χ2n) is 6.08. The van der Waals surface area contributed by atoms with E-state index in [0.717, 1.165) is 16.8 Å². The molecule has 1 heterocycles. The van der Waals surface area contributed by atoms with Crippen LogP contribution in [0.2, 0.25) is 0 Å². The maximum absolute atomic E-state index is 13.3. The van der Waals surface area contributed by atoms with Crippen molar-refractivity contribution in [2.75, 3.05) is 18.0 Å². The van der Waals surface area contributed by atoms with Crippen LogP contribution >= 0.6 is 0 Å². The standard InChI is InChI=1S/C19H19FN2O2/c1-13-6-7-17(10-14(13)2)22-9-8-21(18(23)19(22)24)12-15-4-3-5-16(20)11-15/h3-7,10-11H,8-9,12H2,1-2H3. The Morgan fingerprint density at radius 3 is 2.46 bits per heavy atom. The lowest BCUT2D eigenvalue weighted by Crippen LogP contribution is -2.54. The fourth-order valence-corrected chi connectivity index (χ4v) is 2.82. The zero-order valence-corrected chi connectivity index (χ0v) is 13.8. The van der Waals surface area contributed by atoms with E-state index >= 15 is 0 Å². The average molecular weight is 326 g/mol. The first-order valence-electron chi connectivity index (χ1n) is 7.88. The summed E-state index contributed by atoms with van der Waals surface area (Å²) in [5.74, 6) is -1.44. The molecule has 0 spiro atoms. The Morgan fingerprint density at radius 1 is 0.958 bits per heavy atom. The summed E-state index contributed by atoms with van der Waals surface area (Å²) in [7, 11) is 0. The minimum Gasteiger partial charge on any atom is -0.328 e. The van der Waals surface area contributed by atoms with Gasteiger partial charge in [-0.3, -0.25) is 9.59 Å². The quantitative estimate of drug-likeness (QED) is 0.814. The molecule has 124 valence electrons. The minimum absolute atomic E-state index is 0.239. The molecule has 0 saturated carbocycles. The normalized spacial score (nSPS) is 15.1. The van der Waals surface area contributed by atoms with Gasteiger partial charge in [0.05, 0.1) is 0 Å². The molecule has 4 nitrogen and oxygen atoms in total. The van der Waals surface area contributed by atoms with Crippen LogP contribution in [-0.4, -0.2) is 29.8 Å². The molecule has 0 aromatic heterocycles. The van der Waals surface area contributed by atoms with Crippen molar-refractivity contribution in [2.24, 2.45) is 0 Å². The Morgan fingerprint density at radius 2 is 1.75 bits per heavy atom. The third kappa shape index (κ3) is 3.15. The molecule has 24 heavy (non-hydrogen) atoms. The van der Waals surface area contributed by atoms with E-state index in [1.165, 1.54) is 21.9 Å². The lowest BCUT2D eigenvalue weighted by molar-refractivity contribution is -0.146. The van der Waals surface area contributed by atoms with Crippen molar-refractivity contribution in [3.8, 4) is 0 Å². The van der Waals surface area contributed by atoms with E-state index in [-0.39, 0.29) is 12.4 Å². The van der Waals surface area contributed by atoms with Gasteiger partial charge in [0.2, 0.25) is 0 Å². The predicted octanol–water partition coefficient (Wildman–Crippen LogP) is 2.82. The molecular weight excluding hydrogens is 307 g/mol. The number of amides is 2. The Bertz CT molecular complexity index is 804. The molecule has 0 radical (unpaired) electrons. The van der Waals surface area contributed by atoms with Gasteiger partial charge in [0, 0.05) is 25.3 Å². The minimum atomic E-state index is -0.552. The summed E-state index contributed by atoms with van der Waals surface area (Å²) < 4.78 is 13.3. The van der Waals surface area contributed by atoms with E-state index in [4.69, 9.17) is 0 Å². The van der Waals surface area contributed by atoms with Gasteiger partial charge in [-0.2, -0.15) is 0 Å². The highest BCUT2D eigenvalue weighted by Gasteiger charge is 2.33. The summed E-state index contributed by atoms with van der Waals surface area (Å²) in [6.07, 6.45) is 0. The Hall–Kier alpha value is -2.69. The summed E-state index contributed by atoms with van der Waals surface area (Å²) >= 11 is 0. The first kappa shape index (κ1) is 16.2. The molecule has 3 rings (SSSR count). The van der Waals surface area contributed by atoms with Crippen molar-refractivity contribution in [2.45, 2.75) is 20.4 Å². The molecule has 1 fully saturated rings. The molecule has 1 saturated heterocycles. The highest BCUT2D eigenvalue weighted by atomic mass is 19.1. The number of piperazine rings is 1. The predicted molar refractivity (Wildman–Crippen MR) is 90.1 cm³/mol. The number of hydrogen-bond acceptors (Lipinski definition) is 2. The summed E-state index contributed by atoms with van der Waals surface area (Å²) in [6, 6.07) is 11.8. The van der Waals surface area contributed by atoms with Gasteiger partial charge in [0.25, 0.3) is 0 Å². The number of hydrogen-bond donors (Lipinski definition) is 0. The fraction of sp³-hybridized carbons (Fsp3) is 0.263. The molecule has 0 atom stereocenters. The van der Waals surface area contributed by atoms with Crippen LogP contribution in [0.1, 0.15) is 16.7 Å². The first-order valence-corrected chi connectivity index (χ1v) is 7.88. The molecule has 1 aliphatic rings. The third-order valence-corrected chi connectivity index (χ3v) is 4.37. The van der Waals surface area contributed by atoms with Crippen molar-refractivity contribution >= 4 is 17.5 Å². The zero-order chi connectivity index (χ0) is 17.3. The van der Waals surface area contributed by atoms with Gasteiger partial charge in [0.15, 0.2) is 0 Å². The number of carbonyl (C=O) groups is 2. The fourth-order valence-electron chi connectivity index (χ4n) is 2.82. The van der Waals surface area contributed by atoms with Crippen LogP contribution in [0.5, 0.6) is 0 Å². The summed E-state index contributed by atoms with van der Waals surface area (Å²) in [5.41, 5.74) is 3.63. The van der Waals surface area contributed by atoms with Gasteiger partial charge in [-0.15, -0.1) is 0 Å². The average Bonchev–Trinajstić information content (AvgIpc) is 2.55. The zero-order valence-electron chi connectivity index (χ0n) is 13.8. The van der Waals surface area contributed by atoms with Crippen molar-refractivity contribution in [1.82, 2.24) is 4.90 Å². The topological polar surface area (TPSA) is 40.6 Å². The van der Waals surface area contributed by atoms with E-state index in [2.05, 4.69) is 0 Å².